The monoisotopic (exact) mass is 282 g/mol. The molecule has 96 valence electrons. The minimum Gasteiger partial charge on any atom is -0.308 e. The molecule has 0 spiro atoms. The minimum absolute atomic E-state index is 0.716. The Labute approximate surface area is 115 Å². The lowest BCUT2D eigenvalue weighted by atomic mass is 10.2. The lowest BCUT2D eigenvalue weighted by Crippen LogP contribution is -2.19. The van der Waals surface area contributed by atoms with E-state index < -0.39 is 0 Å². The molecule has 3 N–H and O–H groups in total. The lowest BCUT2D eigenvalue weighted by molar-refractivity contribution is 0.322. The van der Waals surface area contributed by atoms with Gasteiger partial charge in [0.2, 0.25) is 0 Å². The summed E-state index contributed by atoms with van der Waals surface area (Å²) in [6.45, 7) is 1.64. The first-order valence-corrected chi connectivity index (χ1v) is 6.71. The van der Waals surface area contributed by atoms with E-state index in [1.807, 2.05) is 18.2 Å². The van der Waals surface area contributed by atoms with Crippen molar-refractivity contribution in [2.24, 2.45) is 5.84 Å². The first-order chi connectivity index (χ1) is 8.69. The number of rotatable bonds is 5. The summed E-state index contributed by atoms with van der Waals surface area (Å²) in [4.78, 5) is 7.62. The summed E-state index contributed by atoms with van der Waals surface area (Å²) in [5.41, 5.74) is 3.69. The van der Waals surface area contributed by atoms with Crippen LogP contribution >= 0.6 is 22.9 Å². The van der Waals surface area contributed by atoms with Crippen molar-refractivity contribution in [3.8, 4) is 0 Å². The fourth-order valence-corrected chi connectivity index (χ4v) is 2.91. The molecular weight excluding hydrogens is 268 g/mol. The van der Waals surface area contributed by atoms with Crippen molar-refractivity contribution in [2.75, 3.05) is 12.5 Å². The number of hydrazine groups is 1. The molecule has 2 rings (SSSR count). The summed E-state index contributed by atoms with van der Waals surface area (Å²) < 4.78 is 0.823. The zero-order valence-corrected chi connectivity index (χ0v) is 11.6. The molecule has 2 aromatic heterocycles. The first kappa shape index (κ1) is 13.3. The van der Waals surface area contributed by atoms with Crippen molar-refractivity contribution in [1.29, 1.82) is 0 Å². The van der Waals surface area contributed by atoms with Crippen molar-refractivity contribution in [3.63, 3.8) is 0 Å². The molecule has 0 aromatic carbocycles. The number of pyridine rings is 1. The highest BCUT2D eigenvalue weighted by molar-refractivity contribution is 7.16. The van der Waals surface area contributed by atoms with E-state index in [1.54, 1.807) is 17.5 Å². The van der Waals surface area contributed by atoms with Crippen LogP contribution in [0.25, 0.3) is 0 Å². The number of aromatic nitrogens is 1. The van der Waals surface area contributed by atoms with Gasteiger partial charge >= 0.3 is 0 Å². The summed E-state index contributed by atoms with van der Waals surface area (Å²) >= 11 is 7.52. The summed E-state index contributed by atoms with van der Waals surface area (Å²) in [7, 11) is 2.06. The second kappa shape index (κ2) is 6.15. The van der Waals surface area contributed by atoms with Gasteiger partial charge in [-0.1, -0.05) is 17.7 Å². The van der Waals surface area contributed by atoms with Crippen LogP contribution in [0.5, 0.6) is 0 Å². The van der Waals surface area contributed by atoms with E-state index in [0.29, 0.717) is 5.82 Å². The number of hydrogen-bond acceptors (Lipinski definition) is 5. The van der Waals surface area contributed by atoms with Crippen LogP contribution in [0.1, 0.15) is 10.4 Å². The lowest BCUT2D eigenvalue weighted by Gasteiger charge is -2.17. The molecule has 0 fully saturated rings. The van der Waals surface area contributed by atoms with Crippen molar-refractivity contribution < 1.29 is 0 Å². The highest BCUT2D eigenvalue weighted by Crippen LogP contribution is 2.23. The Morgan fingerprint density at radius 3 is 2.89 bits per heavy atom. The topological polar surface area (TPSA) is 54.2 Å². The summed E-state index contributed by atoms with van der Waals surface area (Å²) in [5, 5.41) is 0. The molecule has 0 bridgehead atoms. The molecule has 6 heteroatoms. The zero-order valence-electron chi connectivity index (χ0n) is 10.1. The smallest absolute Gasteiger partial charge is 0.144 e. The van der Waals surface area contributed by atoms with Crippen molar-refractivity contribution in [3.05, 3.63) is 45.2 Å². The van der Waals surface area contributed by atoms with Crippen LogP contribution < -0.4 is 11.3 Å². The third kappa shape index (κ3) is 3.43. The van der Waals surface area contributed by atoms with Gasteiger partial charge in [-0.25, -0.2) is 10.8 Å². The molecule has 2 heterocycles. The molecule has 0 aliphatic carbocycles. The largest absolute Gasteiger partial charge is 0.308 e. The number of nitrogens with one attached hydrogen (secondary N) is 1. The van der Waals surface area contributed by atoms with Gasteiger partial charge in [0.15, 0.2) is 0 Å². The molecule has 18 heavy (non-hydrogen) atoms. The number of nitrogens with two attached hydrogens (primary N) is 1. The normalized spacial score (nSPS) is 10.9. The molecule has 0 saturated carbocycles. The third-order valence-electron chi connectivity index (χ3n) is 2.52. The third-order valence-corrected chi connectivity index (χ3v) is 3.74. The van der Waals surface area contributed by atoms with E-state index in [-0.39, 0.29) is 0 Å². The van der Waals surface area contributed by atoms with E-state index in [1.165, 1.54) is 4.88 Å². The van der Waals surface area contributed by atoms with Gasteiger partial charge in [0.25, 0.3) is 0 Å². The van der Waals surface area contributed by atoms with Gasteiger partial charge in [0.1, 0.15) is 5.82 Å². The van der Waals surface area contributed by atoms with Gasteiger partial charge in [0.05, 0.1) is 4.34 Å². The Morgan fingerprint density at radius 1 is 1.39 bits per heavy atom. The average molecular weight is 283 g/mol. The Balaban J connectivity index is 2.00. The van der Waals surface area contributed by atoms with Gasteiger partial charge < -0.3 is 5.43 Å². The standard InChI is InChI=1S/C12H15ClN4S/c1-17(8-10-4-5-11(13)18-10)7-9-3-2-6-15-12(9)16-14/h2-6H,7-8,14H2,1H3,(H,15,16). The van der Waals surface area contributed by atoms with Crippen molar-refractivity contribution in [2.45, 2.75) is 13.1 Å². The van der Waals surface area contributed by atoms with Crippen LogP contribution in [0, 0.1) is 0 Å². The number of thiophene rings is 1. The molecule has 0 radical (unpaired) electrons. The second-order valence-corrected chi connectivity index (χ2v) is 5.83. The van der Waals surface area contributed by atoms with Crippen LogP contribution in [0.15, 0.2) is 30.5 Å². The van der Waals surface area contributed by atoms with E-state index in [0.717, 1.165) is 23.0 Å². The first-order valence-electron chi connectivity index (χ1n) is 5.52. The molecule has 0 saturated heterocycles. The van der Waals surface area contributed by atoms with Gasteiger partial charge in [-0.3, -0.25) is 4.90 Å². The number of anilines is 1. The number of hydrogen-bond donors (Lipinski definition) is 2. The van der Waals surface area contributed by atoms with Gasteiger partial charge in [-0.15, -0.1) is 11.3 Å². The fraction of sp³-hybridized carbons (Fsp3) is 0.250. The minimum atomic E-state index is 0.716. The van der Waals surface area contributed by atoms with Crippen LogP contribution in [0.3, 0.4) is 0 Å². The number of halogens is 1. The van der Waals surface area contributed by atoms with Crippen LogP contribution in [-0.2, 0) is 13.1 Å². The van der Waals surface area contributed by atoms with Gasteiger partial charge in [-0.05, 0) is 25.2 Å². The van der Waals surface area contributed by atoms with Gasteiger partial charge in [-0.2, -0.15) is 0 Å². The Morgan fingerprint density at radius 2 is 2.22 bits per heavy atom. The van der Waals surface area contributed by atoms with E-state index >= 15 is 0 Å². The maximum Gasteiger partial charge on any atom is 0.144 e. The van der Waals surface area contributed by atoms with Crippen molar-refractivity contribution in [1.82, 2.24) is 9.88 Å². The Kier molecular flexibility index (Phi) is 4.54. The highest BCUT2D eigenvalue weighted by atomic mass is 35.5. The SMILES string of the molecule is CN(Cc1ccc(Cl)s1)Cc1cccnc1NN. The molecule has 0 aliphatic rings. The van der Waals surface area contributed by atoms with E-state index in [2.05, 4.69) is 28.4 Å². The van der Waals surface area contributed by atoms with Crippen LogP contribution in [0.4, 0.5) is 5.82 Å². The van der Waals surface area contributed by atoms with E-state index in [9.17, 15) is 0 Å². The van der Waals surface area contributed by atoms with Crippen LogP contribution in [0.2, 0.25) is 4.34 Å². The molecule has 0 amide bonds. The number of nitrogens with zero attached hydrogens (tertiary/aromatic N) is 2. The quantitative estimate of drug-likeness (QED) is 0.654. The molecular formula is C12H15ClN4S. The number of nitrogen functional groups attached to an aromatic ring is 1. The fourth-order valence-electron chi connectivity index (χ4n) is 1.75. The summed E-state index contributed by atoms with van der Waals surface area (Å²) in [5.74, 6) is 6.15. The van der Waals surface area contributed by atoms with Crippen molar-refractivity contribution >= 4 is 28.8 Å². The van der Waals surface area contributed by atoms with Gasteiger partial charge in [0, 0.05) is 29.7 Å². The molecule has 0 atom stereocenters. The average Bonchev–Trinajstić information content (AvgIpc) is 2.75. The summed E-state index contributed by atoms with van der Waals surface area (Å²) in [6, 6.07) is 7.90. The Hall–Kier alpha value is -1.14. The predicted octanol–water partition coefficient (Wildman–Crippen LogP) is 2.71. The summed E-state index contributed by atoms with van der Waals surface area (Å²) in [6.07, 6.45) is 1.72. The predicted molar refractivity (Wildman–Crippen MR) is 76.5 cm³/mol. The maximum absolute atomic E-state index is 5.92. The second-order valence-electron chi connectivity index (χ2n) is 4.03. The van der Waals surface area contributed by atoms with Crippen LogP contribution in [-0.4, -0.2) is 16.9 Å². The molecule has 2 aromatic rings. The Bertz CT molecular complexity index is 514. The van der Waals surface area contributed by atoms with E-state index in [4.69, 9.17) is 17.4 Å². The molecule has 0 aliphatic heterocycles. The molecule has 0 unspecified atom stereocenters. The maximum atomic E-state index is 5.92. The highest BCUT2D eigenvalue weighted by Gasteiger charge is 2.07. The zero-order chi connectivity index (χ0) is 13.0. The molecule has 4 nitrogen and oxygen atoms in total.